The number of halogens is 1. The summed E-state index contributed by atoms with van der Waals surface area (Å²) in [6.07, 6.45) is 5.15. The van der Waals surface area contributed by atoms with Crippen molar-refractivity contribution in [2.75, 3.05) is 13.2 Å². The average Bonchev–Trinajstić information content (AvgIpc) is 3.27. The van der Waals surface area contributed by atoms with E-state index in [9.17, 15) is 14.3 Å². The molecule has 0 radical (unpaired) electrons. The molecule has 30 heavy (non-hydrogen) atoms. The first kappa shape index (κ1) is 20.2. The quantitative estimate of drug-likeness (QED) is 0.673. The Bertz CT molecular complexity index is 1040. The number of aromatic nitrogens is 3. The number of amides is 1. The van der Waals surface area contributed by atoms with Crippen molar-refractivity contribution in [3.05, 3.63) is 77.1 Å². The van der Waals surface area contributed by atoms with Crippen LogP contribution < -0.4 is 5.32 Å². The van der Waals surface area contributed by atoms with Crippen LogP contribution in [0.4, 0.5) is 4.39 Å². The monoisotopic (exact) mass is 410 g/mol. The smallest absolute Gasteiger partial charge is 0.270 e. The van der Waals surface area contributed by atoms with E-state index in [-0.39, 0.29) is 24.0 Å². The Morgan fingerprint density at radius 3 is 2.97 bits per heavy atom. The van der Waals surface area contributed by atoms with E-state index < -0.39 is 12.1 Å². The number of aliphatic hydroxyl groups is 1. The lowest BCUT2D eigenvalue weighted by Gasteiger charge is -2.28. The summed E-state index contributed by atoms with van der Waals surface area (Å²) in [4.78, 5) is 16.8. The van der Waals surface area contributed by atoms with Gasteiger partial charge in [-0.3, -0.25) is 9.78 Å². The maximum Gasteiger partial charge on any atom is 0.270 e. The van der Waals surface area contributed by atoms with Gasteiger partial charge in [0.1, 0.15) is 11.5 Å². The SMILES string of the molecule is Cc1cnc(C(=O)N[C@H]2COCC[C@@H]2O)cc1Cc1ccc(-n2cccn2)cc1F. The summed E-state index contributed by atoms with van der Waals surface area (Å²) in [5, 5.41) is 16.9. The number of nitrogens with zero attached hydrogens (tertiary/aromatic N) is 3. The molecular formula is C22H23FN4O3. The predicted molar refractivity (Wildman–Crippen MR) is 108 cm³/mol. The molecule has 2 aromatic heterocycles. The molecular weight excluding hydrogens is 387 g/mol. The molecule has 0 saturated carbocycles. The van der Waals surface area contributed by atoms with Gasteiger partial charge in [-0.2, -0.15) is 5.10 Å². The maximum atomic E-state index is 14.7. The van der Waals surface area contributed by atoms with Crippen LogP contribution in [0.1, 0.15) is 33.6 Å². The van der Waals surface area contributed by atoms with E-state index in [2.05, 4.69) is 15.4 Å². The summed E-state index contributed by atoms with van der Waals surface area (Å²) in [5.74, 6) is -0.729. The minimum Gasteiger partial charge on any atom is -0.391 e. The van der Waals surface area contributed by atoms with Crippen LogP contribution in [-0.4, -0.2) is 51.1 Å². The molecule has 7 nitrogen and oxygen atoms in total. The number of carbonyl (C=O) groups is 1. The average molecular weight is 410 g/mol. The number of hydrogen-bond acceptors (Lipinski definition) is 5. The van der Waals surface area contributed by atoms with Crippen molar-refractivity contribution in [2.45, 2.75) is 31.9 Å². The van der Waals surface area contributed by atoms with Crippen molar-refractivity contribution in [1.29, 1.82) is 0 Å². The molecule has 1 fully saturated rings. The highest BCUT2D eigenvalue weighted by molar-refractivity contribution is 5.92. The number of benzene rings is 1. The Labute approximate surface area is 173 Å². The molecule has 0 unspecified atom stereocenters. The van der Waals surface area contributed by atoms with Crippen molar-refractivity contribution in [2.24, 2.45) is 0 Å². The van der Waals surface area contributed by atoms with Gasteiger partial charge in [-0.25, -0.2) is 9.07 Å². The number of rotatable bonds is 5. The third-order valence-electron chi connectivity index (χ3n) is 5.27. The van der Waals surface area contributed by atoms with Crippen molar-refractivity contribution >= 4 is 5.91 Å². The van der Waals surface area contributed by atoms with Gasteiger partial charge in [0.05, 0.1) is 24.4 Å². The molecule has 2 N–H and O–H groups in total. The third kappa shape index (κ3) is 4.39. The van der Waals surface area contributed by atoms with E-state index in [0.717, 1.165) is 11.1 Å². The van der Waals surface area contributed by atoms with Crippen LogP contribution >= 0.6 is 0 Å². The minimum atomic E-state index is -0.644. The van der Waals surface area contributed by atoms with Gasteiger partial charge < -0.3 is 15.2 Å². The van der Waals surface area contributed by atoms with E-state index in [0.29, 0.717) is 30.7 Å². The summed E-state index contributed by atoms with van der Waals surface area (Å²) < 4.78 is 21.6. The second-order valence-electron chi connectivity index (χ2n) is 7.41. The Kier molecular flexibility index (Phi) is 5.87. The third-order valence-corrected chi connectivity index (χ3v) is 5.27. The lowest BCUT2D eigenvalue weighted by Crippen LogP contribution is -2.49. The van der Waals surface area contributed by atoms with Gasteiger partial charge in [-0.15, -0.1) is 0 Å². The van der Waals surface area contributed by atoms with Gasteiger partial charge in [0, 0.05) is 31.6 Å². The molecule has 0 bridgehead atoms. The van der Waals surface area contributed by atoms with Gasteiger partial charge in [-0.1, -0.05) is 6.07 Å². The standard InChI is InChI=1S/C22H23FN4O3/c1-14-12-24-19(22(29)26-20-13-30-8-5-21(20)28)10-16(14)9-15-3-4-17(11-18(15)23)27-7-2-6-25-27/h2-4,6-7,10-12,20-21,28H,5,8-9,13H2,1H3,(H,26,29)/t20-,21-/m0/s1. The molecule has 3 heterocycles. The topological polar surface area (TPSA) is 89.3 Å². The Morgan fingerprint density at radius 2 is 2.23 bits per heavy atom. The van der Waals surface area contributed by atoms with Crippen LogP contribution in [0.3, 0.4) is 0 Å². The van der Waals surface area contributed by atoms with Crippen LogP contribution in [0.25, 0.3) is 5.69 Å². The van der Waals surface area contributed by atoms with Crippen LogP contribution in [0.5, 0.6) is 0 Å². The highest BCUT2D eigenvalue weighted by atomic mass is 19.1. The van der Waals surface area contributed by atoms with Crippen molar-refractivity contribution in [3.8, 4) is 5.69 Å². The fraction of sp³-hybridized carbons (Fsp3) is 0.318. The molecule has 1 aliphatic heterocycles. The van der Waals surface area contributed by atoms with Crippen LogP contribution in [0, 0.1) is 12.7 Å². The molecule has 8 heteroatoms. The first-order valence-electron chi connectivity index (χ1n) is 9.82. The number of aryl methyl sites for hydroxylation is 1. The second kappa shape index (κ2) is 8.73. The van der Waals surface area contributed by atoms with Gasteiger partial charge in [0.25, 0.3) is 5.91 Å². The van der Waals surface area contributed by atoms with Gasteiger partial charge in [0.2, 0.25) is 0 Å². The van der Waals surface area contributed by atoms with Crippen molar-refractivity contribution in [3.63, 3.8) is 0 Å². The van der Waals surface area contributed by atoms with Crippen LogP contribution in [0.2, 0.25) is 0 Å². The van der Waals surface area contributed by atoms with E-state index in [1.807, 2.05) is 6.92 Å². The molecule has 2 atom stereocenters. The highest BCUT2D eigenvalue weighted by Crippen LogP contribution is 2.20. The molecule has 4 rings (SSSR count). The number of ether oxygens (including phenoxy) is 1. The normalized spacial score (nSPS) is 18.9. The lowest BCUT2D eigenvalue weighted by molar-refractivity contribution is -0.0140. The molecule has 156 valence electrons. The zero-order valence-electron chi connectivity index (χ0n) is 16.6. The van der Waals surface area contributed by atoms with Crippen LogP contribution in [-0.2, 0) is 11.2 Å². The van der Waals surface area contributed by atoms with Crippen LogP contribution in [0.15, 0.2) is 48.9 Å². The number of pyridine rings is 1. The van der Waals surface area contributed by atoms with Gasteiger partial charge in [0.15, 0.2) is 0 Å². The summed E-state index contributed by atoms with van der Waals surface area (Å²) in [6.45, 7) is 2.61. The van der Waals surface area contributed by atoms with Gasteiger partial charge in [-0.05, 0) is 54.3 Å². The van der Waals surface area contributed by atoms with E-state index in [4.69, 9.17) is 4.74 Å². The fourth-order valence-electron chi connectivity index (χ4n) is 3.44. The van der Waals surface area contributed by atoms with E-state index >= 15 is 0 Å². The maximum absolute atomic E-state index is 14.7. The molecule has 3 aromatic rings. The summed E-state index contributed by atoms with van der Waals surface area (Å²) >= 11 is 0. The largest absolute Gasteiger partial charge is 0.391 e. The van der Waals surface area contributed by atoms with Gasteiger partial charge >= 0.3 is 0 Å². The zero-order valence-corrected chi connectivity index (χ0v) is 16.6. The zero-order chi connectivity index (χ0) is 21.1. The molecule has 0 spiro atoms. The number of aliphatic hydroxyl groups excluding tert-OH is 1. The highest BCUT2D eigenvalue weighted by Gasteiger charge is 2.26. The molecule has 1 saturated heterocycles. The Morgan fingerprint density at radius 1 is 1.37 bits per heavy atom. The molecule has 1 aromatic carbocycles. The second-order valence-corrected chi connectivity index (χ2v) is 7.41. The fourth-order valence-corrected chi connectivity index (χ4v) is 3.44. The lowest BCUT2D eigenvalue weighted by atomic mass is 10.00. The summed E-state index contributed by atoms with van der Waals surface area (Å²) in [5.41, 5.74) is 3.05. The van der Waals surface area contributed by atoms with E-state index in [1.54, 1.807) is 47.5 Å². The first-order valence-corrected chi connectivity index (χ1v) is 9.82. The van der Waals surface area contributed by atoms with Crippen molar-refractivity contribution in [1.82, 2.24) is 20.1 Å². The Balaban J connectivity index is 1.51. The summed E-state index contributed by atoms with van der Waals surface area (Å²) in [6, 6.07) is 7.95. The molecule has 1 aliphatic rings. The van der Waals surface area contributed by atoms with Crippen molar-refractivity contribution < 1.29 is 19.0 Å². The first-order chi connectivity index (χ1) is 14.5. The number of hydrogen-bond donors (Lipinski definition) is 2. The summed E-state index contributed by atoms with van der Waals surface area (Å²) in [7, 11) is 0. The minimum absolute atomic E-state index is 0.224. The number of nitrogens with one attached hydrogen (secondary N) is 1. The Hall–Kier alpha value is -3.10. The molecule has 1 amide bonds. The molecule has 0 aliphatic carbocycles. The van der Waals surface area contributed by atoms with E-state index in [1.165, 1.54) is 6.07 Å². The number of carbonyl (C=O) groups excluding carboxylic acids is 1. The predicted octanol–water partition coefficient (Wildman–Crippen LogP) is 2.19.